The fourth-order valence-electron chi connectivity index (χ4n) is 2.53. The van der Waals surface area contributed by atoms with E-state index in [4.69, 9.17) is 5.73 Å². The van der Waals surface area contributed by atoms with Crippen LogP contribution in [0.1, 0.15) is 31.8 Å². The molecule has 2 N–H and O–H groups in total. The Balaban J connectivity index is 1.72. The van der Waals surface area contributed by atoms with E-state index in [0.717, 1.165) is 11.1 Å². The van der Waals surface area contributed by atoms with Gasteiger partial charge in [0.1, 0.15) is 0 Å². The monoisotopic (exact) mass is 280 g/mol. The Hall–Kier alpha value is -2.46. The second-order valence-electron chi connectivity index (χ2n) is 5.08. The van der Waals surface area contributed by atoms with Crippen LogP contribution in [-0.4, -0.2) is 23.3 Å². The lowest BCUT2D eigenvalue weighted by Crippen LogP contribution is -2.31. The zero-order valence-corrected chi connectivity index (χ0v) is 11.6. The molecule has 0 unspecified atom stereocenters. The molecule has 1 aliphatic rings. The molecule has 0 spiro atoms. The van der Waals surface area contributed by atoms with Gasteiger partial charge in [0.05, 0.1) is 11.1 Å². The van der Waals surface area contributed by atoms with Crippen LogP contribution in [-0.2, 0) is 13.0 Å². The first-order valence-electron chi connectivity index (χ1n) is 6.94. The molecule has 4 nitrogen and oxygen atoms in total. The van der Waals surface area contributed by atoms with E-state index in [1.165, 1.54) is 4.90 Å². The maximum Gasteiger partial charge on any atom is 0.261 e. The van der Waals surface area contributed by atoms with Crippen molar-refractivity contribution in [2.45, 2.75) is 13.0 Å². The first-order chi connectivity index (χ1) is 10.2. The quantitative estimate of drug-likeness (QED) is 0.871. The third kappa shape index (κ3) is 2.45. The zero-order valence-electron chi connectivity index (χ0n) is 11.6. The van der Waals surface area contributed by atoms with Crippen LogP contribution in [0.4, 0.5) is 0 Å². The molecule has 0 saturated heterocycles. The van der Waals surface area contributed by atoms with Crippen molar-refractivity contribution in [2.75, 3.05) is 6.54 Å². The van der Waals surface area contributed by atoms with Crippen molar-refractivity contribution in [3.05, 3.63) is 70.8 Å². The van der Waals surface area contributed by atoms with Crippen molar-refractivity contribution in [3.8, 4) is 0 Å². The van der Waals surface area contributed by atoms with E-state index < -0.39 is 0 Å². The Morgan fingerprint density at radius 2 is 1.33 bits per heavy atom. The first-order valence-corrected chi connectivity index (χ1v) is 6.94. The van der Waals surface area contributed by atoms with Crippen molar-refractivity contribution >= 4 is 11.8 Å². The van der Waals surface area contributed by atoms with Crippen LogP contribution < -0.4 is 5.73 Å². The lowest BCUT2D eigenvalue weighted by molar-refractivity contribution is 0.0656. The van der Waals surface area contributed by atoms with Crippen LogP contribution in [0.15, 0.2) is 48.5 Å². The Labute approximate surface area is 123 Å². The van der Waals surface area contributed by atoms with E-state index in [-0.39, 0.29) is 11.8 Å². The van der Waals surface area contributed by atoms with Crippen LogP contribution in [0, 0.1) is 0 Å². The van der Waals surface area contributed by atoms with Gasteiger partial charge in [-0.05, 0) is 29.7 Å². The van der Waals surface area contributed by atoms with Crippen molar-refractivity contribution in [2.24, 2.45) is 5.73 Å². The molecule has 3 rings (SSSR count). The van der Waals surface area contributed by atoms with E-state index >= 15 is 0 Å². The van der Waals surface area contributed by atoms with Crippen LogP contribution in [0.25, 0.3) is 0 Å². The molecule has 0 aromatic heterocycles. The summed E-state index contributed by atoms with van der Waals surface area (Å²) in [4.78, 5) is 25.8. The SMILES string of the molecule is NCc1ccc(CCN2C(=O)c3ccccc3C2=O)cc1. The molecule has 2 amide bonds. The second kappa shape index (κ2) is 5.50. The summed E-state index contributed by atoms with van der Waals surface area (Å²) in [7, 11) is 0. The van der Waals surface area contributed by atoms with Crippen LogP contribution in [0.2, 0.25) is 0 Å². The summed E-state index contributed by atoms with van der Waals surface area (Å²) in [5.41, 5.74) is 8.72. The average molecular weight is 280 g/mol. The fraction of sp³-hybridized carbons (Fsp3) is 0.176. The summed E-state index contributed by atoms with van der Waals surface area (Å²) in [6.45, 7) is 0.910. The highest BCUT2D eigenvalue weighted by Gasteiger charge is 2.34. The minimum atomic E-state index is -0.200. The largest absolute Gasteiger partial charge is 0.326 e. The minimum Gasteiger partial charge on any atom is -0.326 e. The van der Waals surface area contributed by atoms with Gasteiger partial charge in [0, 0.05) is 13.1 Å². The molecular formula is C17H16N2O2. The summed E-state index contributed by atoms with van der Waals surface area (Å²) in [5, 5.41) is 0. The zero-order chi connectivity index (χ0) is 14.8. The highest BCUT2D eigenvalue weighted by molar-refractivity contribution is 6.21. The topological polar surface area (TPSA) is 63.4 Å². The molecule has 21 heavy (non-hydrogen) atoms. The third-order valence-electron chi connectivity index (χ3n) is 3.76. The van der Waals surface area contributed by atoms with E-state index in [2.05, 4.69) is 0 Å². The number of nitrogens with zero attached hydrogens (tertiary/aromatic N) is 1. The predicted molar refractivity (Wildman–Crippen MR) is 79.8 cm³/mol. The van der Waals surface area contributed by atoms with Crippen molar-refractivity contribution in [3.63, 3.8) is 0 Å². The van der Waals surface area contributed by atoms with E-state index in [1.54, 1.807) is 24.3 Å². The molecule has 0 saturated carbocycles. The third-order valence-corrected chi connectivity index (χ3v) is 3.76. The summed E-state index contributed by atoms with van der Waals surface area (Å²) in [6, 6.07) is 14.9. The molecule has 2 aromatic carbocycles. The van der Waals surface area contributed by atoms with Crippen LogP contribution in [0.3, 0.4) is 0 Å². The number of carbonyl (C=O) groups excluding carboxylic acids is 2. The van der Waals surface area contributed by atoms with Gasteiger partial charge in [-0.15, -0.1) is 0 Å². The van der Waals surface area contributed by atoms with Crippen molar-refractivity contribution in [1.82, 2.24) is 4.90 Å². The van der Waals surface area contributed by atoms with Gasteiger partial charge < -0.3 is 5.73 Å². The van der Waals surface area contributed by atoms with Gasteiger partial charge in [-0.2, -0.15) is 0 Å². The predicted octanol–water partition coefficient (Wildman–Crippen LogP) is 1.98. The smallest absolute Gasteiger partial charge is 0.261 e. The lowest BCUT2D eigenvalue weighted by atomic mass is 10.1. The number of rotatable bonds is 4. The van der Waals surface area contributed by atoms with Crippen LogP contribution >= 0.6 is 0 Å². The van der Waals surface area contributed by atoms with E-state index in [1.807, 2.05) is 24.3 Å². The van der Waals surface area contributed by atoms with Crippen LogP contribution in [0.5, 0.6) is 0 Å². The van der Waals surface area contributed by atoms with Gasteiger partial charge in [0.15, 0.2) is 0 Å². The molecule has 0 aliphatic carbocycles. The number of hydrogen-bond donors (Lipinski definition) is 1. The molecule has 1 aliphatic heterocycles. The maximum atomic E-state index is 12.2. The second-order valence-corrected chi connectivity index (χ2v) is 5.08. The Morgan fingerprint density at radius 3 is 1.86 bits per heavy atom. The van der Waals surface area contributed by atoms with E-state index in [0.29, 0.717) is 30.6 Å². The van der Waals surface area contributed by atoms with Gasteiger partial charge in [0.2, 0.25) is 0 Å². The fourth-order valence-corrected chi connectivity index (χ4v) is 2.53. The van der Waals surface area contributed by atoms with Gasteiger partial charge in [-0.25, -0.2) is 0 Å². The van der Waals surface area contributed by atoms with Gasteiger partial charge in [-0.3, -0.25) is 14.5 Å². The summed E-state index contributed by atoms with van der Waals surface area (Å²) >= 11 is 0. The molecule has 106 valence electrons. The Bertz CT molecular complexity index is 657. The van der Waals surface area contributed by atoms with Crippen molar-refractivity contribution < 1.29 is 9.59 Å². The highest BCUT2D eigenvalue weighted by atomic mass is 16.2. The highest BCUT2D eigenvalue weighted by Crippen LogP contribution is 2.22. The molecular weight excluding hydrogens is 264 g/mol. The minimum absolute atomic E-state index is 0.200. The molecule has 4 heteroatoms. The number of nitrogens with two attached hydrogens (primary N) is 1. The normalized spacial score (nSPS) is 13.7. The van der Waals surface area contributed by atoms with Gasteiger partial charge in [0.25, 0.3) is 11.8 Å². The number of hydrogen-bond acceptors (Lipinski definition) is 3. The van der Waals surface area contributed by atoms with Gasteiger partial charge in [-0.1, -0.05) is 36.4 Å². The molecule has 1 heterocycles. The summed E-state index contributed by atoms with van der Waals surface area (Å²) in [5.74, 6) is -0.400. The lowest BCUT2D eigenvalue weighted by Gasteiger charge is -2.13. The molecule has 0 fully saturated rings. The van der Waals surface area contributed by atoms with E-state index in [9.17, 15) is 9.59 Å². The number of imide groups is 1. The average Bonchev–Trinajstić information content (AvgIpc) is 2.78. The standard InChI is InChI=1S/C17H16N2O2/c18-11-13-7-5-12(6-8-13)9-10-19-16(20)14-3-1-2-4-15(14)17(19)21/h1-8H,9-11,18H2. The van der Waals surface area contributed by atoms with Gasteiger partial charge >= 0.3 is 0 Å². The number of benzene rings is 2. The molecule has 2 aromatic rings. The first kappa shape index (κ1) is 13.5. The number of amides is 2. The maximum absolute atomic E-state index is 12.2. The molecule has 0 bridgehead atoms. The Morgan fingerprint density at radius 1 is 0.810 bits per heavy atom. The molecule has 0 radical (unpaired) electrons. The number of fused-ring (bicyclic) bond motifs is 1. The summed E-state index contributed by atoms with van der Waals surface area (Å²) in [6.07, 6.45) is 0.649. The molecule has 0 atom stereocenters. The number of carbonyl (C=O) groups is 2. The van der Waals surface area contributed by atoms with Crippen molar-refractivity contribution in [1.29, 1.82) is 0 Å². The summed E-state index contributed by atoms with van der Waals surface area (Å²) < 4.78 is 0. The Kier molecular flexibility index (Phi) is 3.54.